The van der Waals surface area contributed by atoms with Gasteiger partial charge in [-0.1, -0.05) is 0 Å². The Morgan fingerprint density at radius 1 is 1.18 bits per heavy atom. The molecule has 0 atom stereocenters. The van der Waals surface area contributed by atoms with E-state index in [-0.39, 0.29) is 5.41 Å². The molecule has 0 aromatic rings. The highest BCUT2D eigenvalue weighted by Crippen LogP contribution is 2.60. The summed E-state index contributed by atoms with van der Waals surface area (Å²) in [5.74, 6) is 5.38. The lowest BCUT2D eigenvalue weighted by molar-refractivity contribution is -0.146. The van der Waals surface area contributed by atoms with E-state index in [0.717, 1.165) is 37.0 Å². The van der Waals surface area contributed by atoms with Crippen LogP contribution in [0.15, 0.2) is 0 Å². The summed E-state index contributed by atoms with van der Waals surface area (Å²) < 4.78 is 0. The molecule has 0 aromatic heterocycles. The lowest BCUT2D eigenvalue weighted by Crippen LogP contribution is -2.53. The molecule has 1 N–H and O–H groups in total. The molecule has 2 nitrogen and oxygen atoms in total. The fraction of sp³-hybridized carbons (Fsp3) is 0.800. The summed E-state index contributed by atoms with van der Waals surface area (Å²) in [6.07, 6.45) is 13.4. The number of nitrogens with one attached hydrogen (secondary N) is 1. The quantitative estimate of drug-likeness (QED) is 0.586. The van der Waals surface area contributed by atoms with Crippen LogP contribution in [0.25, 0.3) is 0 Å². The number of hydrogen-bond donors (Lipinski definition) is 1. The first kappa shape index (κ1) is 11.1. The van der Waals surface area contributed by atoms with Crippen LogP contribution in [0.3, 0.4) is 0 Å². The topological polar surface area (TPSA) is 29.1 Å². The minimum absolute atomic E-state index is 0.0106. The molecule has 0 unspecified atom stereocenters. The predicted molar refractivity (Wildman–Crippen MR) is 67.1 cm³/mol. The van der Waals surface area contributed by atoms with Crippen molar-refractivity contribution in [3.8, 4) is 12.3 Å². The summed E-state index contributed by atoms with van der Waals surface area (Å²) in [5, 5.41) is 3.06. The van der Waals surface area contributed by atoms with Crippen molar-refractivity contribution < 1.29 is 4.79 Å². The van der Waals surface area contributed by atoms with E-state index in [1.54, 1.807) is 0 Å². The minimum atomic E-state index is -0.0106. The largest absolute Gasteiger partial charge is 0.355 e. The molecule has 4 bridgehead atoms. The van der Waals surface area contributed by atoms with Crippen LogP contribution in [-0.4, -0.2) is 12.5 Å². The van der Waals surface area contributed by atoms with E-state index < -0.39 is 0 Å². The summed E-state index contributed by atoms with van der Waals surface area (Å²) >= 11 is 0. The Kier molecular flexibility index (Phi) is 2.65. The Bertz CT molecular complexity index is 330. The van der Waals surface area contributed by atoms with Crippen molar-refractivity contribution in [2.75, 3.05) is 6.54 Å². The smallest absolute Gasteiger partial charge is 0.226 e. The van der Waals surface area contributed by atoms with Gasteiger partial charge in [-0.2, -0.15) is 0 Å². The zero-order chi connectivity index (χ0) is 11.9. The number of carbonyl (C=O) groups is 1. The molecule has 4 fully saturated rings. The van der Waals surface area contributed by atoms with Crippen molar-refractivity contribution in [3.63, 3.8) is 0 Å². The van der Waals surface area contributed by atoms with Crippen molar-refractivity contribution >= 4 is 5.91 Å². The first-order valence-electron chi connectivity index (χ1n) is 6.93. The lowest BCUT2D eigenvalue weighted by atomic mass is 9.49. The Morgan fingerprint density at radius 2 is 1.71 bits per heavy atom. The molecule has 92 valence electrons. The maximum absolute atomic E-state index is 12.4. The van der Waals surface area contributed by atoms with Gasteiger partial charge in [-0.05, 0) is 56.3 Å². The fourth-order valence-electron chi connectivity index (χ4n) is 4.82. The van der Waals surface area contributed by atoms with E-state index >= 15 is 0 Å². The summed E-state index contributed by atoms with van der Waals surface area (Å²) in [6.45, 7) is 0.650. The van der Waals surface area contributed by atoms with Gasteiger partial charge in [0.15, 0.2) is 0 Å². The second-order valence-corrected chi connectivity index (χ2v) is 6.41. The van der Waals surface area contributed by atoms with Crippen LogP contribution in [0.1, 0.15) is 44.9 Å². The molecule has 4 aliphatic rings. The second-order valence-electron chi connectivity index (χ2n) is 6.41. The van der Waals surface area contributed by atoms with E-state index in [4.69, 9.17) is 6.42 Å². The summed E-state index contributed by atoms with van der Waals surface area (Å²) in [7, 11) is 0. The monoisotopic (exact) mass is 231 g/mol. The Balaban J connectivity index is 1.69. The van der Waals surface area contributed by atoms with Gasteiger partial charge >= 0.3 is 0 Å². The van der Waals surface area contributed by atoms with Crippen LogP contribution >= 0.6 is 0 Å². The molecule has 17 heavy (non-hydrogen) atoms. The lowest BCUT2D eigenvalue weighted by Gasteiger charge is -2.55. The Labute approximate surface area is 104 Å². The molecule has 1 amide bonds. The third-order valence-corrected chi connectivity index (χ3v) is 5.07. The van der Waals surface area contributed by atoms with Gasteiger partial charge in [0.2, 0.25) is 5.91 Å². The molecule has 0 radical (unpaired) electrons. The fourth-order valence-corrected chi connectivity index (χ4v) is 4.82. The van der Waals surface area contributed by atoms with Gasteiger partial charge in [0, 0.05) is 18.4 Å². The van der Waals surface area contributed by atoms with E-state index in [1.807, 2.05) is 0 Å². The molecule has 0 aromatic carbocycles. The molecule has 4 saturated carbocycles. The normalized spacial score (nSPS) is 42.2. The SMILES string of the molecule is C#CCCNC(=O)C12CC3CC(CC(C3)C1)C2. The highest BCUT2D eigenvalue weighted by molar-refractivity contribution is 5.83. The number of amides is 1. The Hall–Kier alpha value is -0.970. The van der Waals surface area contributed by atoms with Crippen LogP contribution in [0.4, 0.5) is 0 Å². The van der Waals surface area contributed by atoms with Crippen LogP contribution in [0.2, 0.25) is 0 Å². The molecule has 0 aliphatic heterocycles. The van der Waals surface area contributed by atoms with Crippen LogP contribution in [0, 0.1) is 35.5 Å². The number of terminal acetylenes is 1. The van der Waals surface area contributed by atoms with Crippen molar-refractivity contribution in [1.29, 1.82) is 0 Å². The third kappa shape index (κ3) is 1.86. The number of carbonyl (C=O) groups excluding carboxylic acids is 1. The average molecular weight is 231 g/mol. The van der Waals surface area contributed by atoms with Gasteiger partial charge < -0.3 is 5.32 Å². The maximum Gasteiger partial charge on any atom is 0.226 e. The average Bonchev–Trinajstić information content (AvgIpc) is 2.27. The molecular weight excluding hydrogens is 210 g/mol. The van der Waals surface area contributed by atoms with Gasteiger partial charge in [-0.3, -0.25) is 4.79 Å². The van der Waals surface area contributed by atoms with Gasteiger partial charge in [-0.15, -0.1) is 12.3 Å². The van der Waals surface area contributed by atoms with Gasteiger partial charge in [0.1, 0.15) is 0 Å². The van der Waals surface area contributed by atoms with Gasteiger partial charge in [0.25, 0.3) is 0 Å². The standard InChI is InChI=1S/C15H21NO/c1-2-3-4-16-14(17)15-8-11-5-12(9-15)7-13(6-11)10-15/h1,11-13H,3-10H2,(H,16,17). The minimum Gasteiger partial charge on any atom is -0.355 e. The zero-order valence-electron chi connectivity index (χ0n) is 10.4. The molecule has 0 spiro atoms. The number of rotatable bonds is 3. The van der Waals surface area contributed by atoms with Gasteiger partial charge in [-0.25, -0.2) is 0 Å². The Morgan fingerprint density at radius 3 is 2.18 bits per heavy atom. The molecule has 2 heteroatoms. The van der Waals surface area contributed by atoms with Crippen molar-refractivity contribution in [2.45, 2.75) is 44.9 Å². The van der Waals surface area contributed by atoms with Crippen LogP contribution in [0.5, 0.6) is 0 Å². The summed E-state index contributed by atoms with van der Waals surface area (Å²) in [6, 6.07) is 0. The number of hydrogen-bond acceptors (Lipinski definition) is 1. The predicted octanol–water partition coefficient (Wildman–Crippen LogP) is 2.34. The first-order chi connectivity index (χ1) is 8.22. The highest BCUT2D eigenvalue weighted by Gasteiger charge is 2.54. The van der Waals surface area contributed by atoms with Crippen LogP contribution in [-0.2, 0) is 4.79 Å². The first-order valence-corrected chi connectivity index (χ1v) is 6.93. The van der Waals surface area contributed by atoms with Crippen molar-refractivity contribution in [1.82, 2.24) is 5.32 Å². The van der Waals surface area contributed by atoms with E-state index in [9.17, 15) is 4.79 Å². The molecular formula is C15H21NO. The molecule has 4 rings (SSSR count). The summed E-state index contributed by atoms with van der Waals surface area (Å²) in [4.78, 5) is 12.4. The highest BCUT2D eigenvalue weighted by atomic mass is 16.2. The van der Waals surface area contributed by atoms with E-state index in [1.165, 1.54) is 19.3 Å². The molecule has 0 heterocycles. The third-order valence-electron chi connectivity index (χ3n) is 5.07. The second kappa shape index (κ2) is 4.05. The van der Waals surface area contributed by atoms with E-state index in [2.05, 4.69) is 11.2 Å². The summed E-state index contributed by atoms with van der Waals surface area (Å²) in [5.41, 5.74) is -0.0106. The van der Waals surface area contributed by atoms with Gasteiger partial charge in [0.05, 0.1) is 0 Å². The van der Waals surface area contributed by atoms with Crippen molar-refractivity contribution in [3.05, 3.63) is 0 Å². The molecule has 0 saturated heterocycles. The van der Waals surface area contributed by atoms with E-state index in [0.29, 0.717) is 18.9 Å². The van der Waals surface area contributed by atoms with Crippen LogP contribution < -0.4 is 5.32 Å². The zero-order valence-corrected chi connectivity index (χ0v) is 10.4. The maximum atomic E-state index is 12.4. The van der Waals surface area contributed by atoms with Crippen molar-refractivity contribution in [2.24, 2.45) is 23.2 Å². The molecule has 4 aliphatic carbocycles.